The molecular formula is C22H22O3. The molecule has 0 amide bonds. The number of carboxylic acids is 1. The van der Waals surface area contributed by atoms with Crippen molar-refractivity contribution in [3.05, 3.63) is 59.7 Å². The van der Waals surface area contributed by atoms with E-state index >= 15 is 0 Å². The van der Waals surface area contributed by atoms with Gasteiger partial charge in [-0.3, -0.25) is 0 Å². The number of benzene rings is 2. The highest BCUT2D eigenvalue weighted by Crippen LogP contribution is 2.65. The third kappa shape index (κ3) is 2.37. The van der Waals surface area contributed by atoms with Crippen LogP contribution in [0.4, 0.5) is 0 Å². The number of ether oxygens (including phenoxy) is 1. The first kappa shape index (κ1) is 15.0. The van der Waals surface area contributed by atoms with Gasteiger partial charge in [0.25, 0.3) is 0 Å². The number of hydrogen-bond acceptors (Lipinski definition) is 2. The fourth-order valence-electron chi connectivity index (χ4n) is 5.92. The molecule has 0 saturated heterocycles. The molecule has 2 aromatic rings. The lowest BCUT2D eigenvalue weighted by Crippen LogP contribution is -2.27. The van der Waals surface area contributed by atoms with E-state index in [9.17, 15) is 4.79 Å². The van der Waals surface area contributed by atoms with Crippen molar-refractivity contribution < 1.29 is 14.6 Å². The van der Waals surface area contributed by atoms with Gasteiger partial charge in [-0.25, -0.2) is 4.79 Å². The molecule has 2 atom stereocenters. The van der Waals surface area contributed by atoms with E-state index in [2.05, 4.69) is 24.3 Å². The molecule has 25 heavy (non-hydrogen) atoms. The second-order valence-corrected chi connectivity index (χ2v) is 8.16. The predicted octanol–water partition coefficient (Wildman–Crippen LogP) is 5.25. The molecule has 4 saturated carbocycles. The van der Waals surface area contributed by atoms with E-state index in [0.717, 1.165) is 23.5 Å². The fraction of sp³-hybridized carbons (Fsp3) is 0.409. The van der Waals surface area contributed by atoms with E-state index in [1.165, 1.54) is 37.7 Å². The minimum atomic E-state index is -0.920. The zero-order chi connectivity index (χ0) is 17.0. The minimum absolute atomic E-state index is 0.272. The largest absolute Gasteiger partial charge is 0.478 e. The van der Waals surface area contributed by atoms with Crippen molar-refractivity contribution in [3.8, 4) is 11.5 Å². The minimum Gasteiger partial charge on any atom is -0.478 e. The quantitative estimate of drug-likeness (QED) is 0.830. The maximum Gasteiger partial charge on any atom is 0.335 e. The first-order valence-corrected chi connectivity index (χ1v) is 9.24. The average Bonchev–Trinajstić information content (AvgIpc) is 3.01. The zero-order valence-corrected chi connectivity index (χ0v) is 14.2. The topological polar surface area (TPSA) is 46.5 Å². The number of rotatable bonds is 4. The van der Waals surface area contributed by atoms with Crippen LogP contribution >= 0.6 is 0 Å². The third-order valence-electron chi connectivity index (χ3n) is 6.76. The summed E-state index contributed by atoms with van der Waals surface area (Å²) in [5.41, 5.74) is 2.21. The summed E-state index contributed by atoms with van der Waals surface area (Å²) in [7, 11) is 0. The Bertz CT molecular complexity index is 792. The van der Waals surface area contributed by atoms with E-state index in [-0.39, 0.29) is 5.56 Å². The molecule has 4 aliphatic carbocycles. The van der Waals surface area contributed by atoms with E-state index in [4.69, 9.17) is 9.84 Å². The number of carbonyl (C=O) groups is 1. The van der Waals surface area contributed by atoms with Crippen LogP contribution in [0.5, 0.6) is 11.5 Å². The Labute approximate surface area is 147 Å². The maximum absolute atomic E-state index is 10.9. The number of hydrogen-bond donors (Lipinski definition) is 1. The Morgan fingerprint density at radius 1 is 0.880 bits per heavy atom. The van der Waals surface area contributed by atoms with Gasteiger partial charge in [0.15, 0.2) is 0 Å². The van der Waals surface area contributed by atoms with Gasteiger partial charge in [-0.1, -0.05) is 12.1 Å². The van der Waals surface area contributed by atoms with Crippen LogP contribution in [0, 0.1) is 17.8 Å². The van der Waals surface area contributed by atoms with E-state index < -0.39 is 5.97 Å². The van der Waals surface area contributed by atoms with Crippen molar-refractivity contribution in [2.24, 2.45) is 17.8 Å². The van der Waals surface area contributed by atoms with Crippen LogP contribution in [0.2, 0.25) is 0 Å². The molecule has 4 aliphatic rings. The smallest absolute Gasteiger partial charge is 0.335 e. The van der Waals surface area contributed by atoms with Crippen molar-refractivity contribution in [2.45, 2.75) is 37.5 Å². The monoisotopic (exact) mass is 334 g/mol. The van der Waals surface area contributed by atoms with E-state index in [1.54, 1.807) is 24.3 Å². The van der Waals surface area contributed by atoms with Crippen molar-refractivity contribution in [1.82, 2.24) is 0 Å². The highest BCUT2D eigenvalue weighted by molar-refractivity contribution is 5.87. The second-order valence-electron chi connectivity index (χ2n) is 8.16. The van der Waals surface area contributed by atoms with Gasteiger partial charge in [0.1, 0.15) is 11.5 Å². The fourth-order valence-corrected chi connectivity index (χ4v) is 5.92. The molecule has 2 aromatic carbocycles. The molecule has 0 aliphatic heterocycles. The molecule has 0 heterocycles. The Kier molecular flexibility index (Phi) is 3.21. The van der Waals surface area contributed by atoms with Gasteiger partial charge in [0, 0.05) is 0 Å². The Balaban J connectivity index is 1.35. The molecular weight excluding hydrogens is 312 g/mol. The SMILES string of the molecule is O=C(O)c1ccc(Oc2ccc(C34CC5CC(CC3C5)C4)cc2)cc1. The molecule has 0 spiro atoms. The van der Waals surface area contributed by atoms with Crippen LogP contribution in [0.15, 0.2) is 48.5 Å². The summed E-state index contributed by atoms with van der Waals surface area (Å²) < 4.78 is 5.88. The molecule has 4 bridgehead atoms. The summed E-state index contributed by atoms with van der Waals surface area (Å²) in [6.07, 6.45) is 7.09. The first-order chi connectivity index (χ1) is 12.1. The van der Waals surface area contributed by atoms with Crippen LogP contribution in [-0.2, 0) is 5.41 Å². The normalized spacial score (nSPS) is 32.1. The second kappa shape index (κ2) is 5.35. The molecule has 3 heteroatoms. The van der Waals surface area contributed by atoms with Crippen LogP contribution < -0.4 is 4.74 Å². The van der Waals surface area contributed by atoms with Crippen LogP contribution in [0.25, 0.3) is 0 Å². The van der Waals surface area contributed by atoms with Gasteiger partial charge >= 0.3 is 5.97 Å². The van der Waals surface area contributed by atoms with Gasteiger partial charge in [-0.2, -0.15) is 0 Å². The lowest BCUT2D eigenvalue weighted by Gasteiger charge is -2.33. The van der Waals surface area contributed by atoms with Crippen molar-refractivity contribution in [2.75, 3.05) is 0 Å². The molecule has 1 N–H and O–H groups in total. The van der Waals surface area contributed by atoms with Gasteiger partial charge in [0.05, 0.1) is 5.56 Å². The Hall–Kier alpha value is -2.29. The first-order valence-electron chi connectivity index (χ1n) is 9.24. The predicted molar refractivity (Wildman–Crippen MR) is 95.2 cm³/mol. The third-order valence-corrected chi connectivity index (χ3v) is 6.76. The lowest BCUT2D eigenvalue weighted by molar-refractivity contribution is 0.0697. The number of carboxylic acid groups (broad SMARTS) is 1. The highest BCUT2D eigenvalue weighted by atomic mass is 16.5. The molecule has 0 radical (unpaired) electrons. The van der Waals surface area contributed by atoms with E-state index in [1.807, 2.05) is 0 Å². The average molecular weight is 334 g/mol. The maximum atomic E-state index is 10.9. The molecule has 3 nitrogen and oxygen atoms in total. The van der Waals surface area contributed by atoms with Gasteiger partial charge < -0.3 is 9.84 Å². The summed E-state index contributed by atoms with van der Waals surface area (Å²) in [5.74, 6) is 3.36. The summed E-state index contributed by atoms with van der Waals surface area (Å²) in [6.45, 7) is 0. The summed E-state index contributed by atoms with van der Waals surface area (Å²) in [4.78, 5) is 10.9. The molecule has 2 unspecified atom stereocenters. The van der Waals surface area contributed by atoms with Gasteiger partial charge in [0.2, 0.25) is 0 Å². The van der Waals surface area contributed by atoms with Crippen molar-refractivity contribution in [3.63, 3.8) is 0 Å². The molecule has 128 valence electrons. The molecule has 4 fully saturated rings. The Morgan fingerprint density at radius 2 is 1.44 bits per heavy atom. The van der Waals surface area contributed by atoms with Crippen LogP contribution in [-0.4, -0.2) is 11.1 Å². The summed E-state index contributed by atoms with van der Waals surface area (Å²) in [6, 6.07) is 15.2. The van der Waals surface area contributed by atoms with Gasteiger partial charge in [-0.15, -0.1) is 0 Å². The van der Waals surface area contributed by atoms with Crippen LogP contribution in [0.3, 0.4) is 0 Å². The highest BCUT2D eigenvalue weighted by Gasteiger charge is 2.58. The van der Waals surface area contributed by atoms with E-state index in [0.29, 0.717) is 11.2 Å². The summed E-state index contributed by atoms with van der Waals surface area (Å²) >= 11 is 0. The van der Waals surface area contributed by atoms with Crippen molar-refractivity contribution >= 4 is 5.97 Å². The lowest BCUT2D eigenvalue weighted by atomic mass is 9.71. The number of aromatic carboxylic acids is 1. The zero-order valence-electron chi connectivity index (χ0n) is 14.2. The molecule has 6 rings (SSSR count). The van der Waals surface area contributed by atoms with Gasteiger partial charge in [-0.05, 0) is 97.2 Å². The van der Waals surface area contributed by atoms with Crippen molar-refractivity contribution in [1.29, 1.82) is 0 Å². The Morgan fingerprint density at radius 3 is 2.00 bits per heavy atom. The summed E-state index contributed by atoms with van der Waals surface area (Å²) in [5, 5.41) is 8.95. The van der Waals surface area contributed by atoms with Crippen LogP contribution in [0.1, 0.15) is 48.0 Å². The standard InChI is InChI=1S/C22H22O3/c23-21(24)16-1-5-19(6-2-16)25-20-7-3-17(4-8-20)22-12-14-9-15(13-22)11-18(22)10-14/h1-8,14-15,18H,9-13H2,(H,23,24). The molecule has 0 aromatic heterocycles.